The summed E-state index contributed by atoms with van der Waals surface area (Å²) in [5, 5.41) is 0.720. The second kappa shape index (κ2) is 4.29. The molecule has 88 valence electrons. The van der Waals surface area contributed by atoms with Crippen molar-refractivity contribution >= 4 is 22.9 Å². The monoisotopic (exact) mass is 234 g/mol. The lowest BCUT2D eigenvalue weighted by molar-refractivity contribution is 0.0555. The summed E-state index contributed by atoms with van der Waals surface area (Å²) in [5.41, 5.74) is 0.799. The maximum absolute atomic E-state index is 11.6. The van der Waals surface area contributed by atoms with Gasteiger partial charge in [-0.1, -0.05) is 0 Å². The van der Waals surface area contributed by atoms with Crippen molar-refractivity contribution in [2.45, 2.75) is 0 Å². The van der Waals surface area contributed by atoms with E-state index >= 15 is 0 Å². The van der Waals surface area contributed by atoms with Crippen molar-refractivity contribution in [1.82, 2.24) is 0 Å². The minimum absolute atomic E-state index is 0.127. The Bertz CT molecular complexity index is 532. The number of furan rings is 1. The van der Waals surface area contributed by atoms with Crippen LogP contribution in [0.1, 0.15) is 20.7 Å². The van der Waals surface area contributed by atoms with Crippen LogP contribution < -0.4 is 0 Å². The summed E-state index contributed by atoms with van der Waals surface area (Å²) in [6.07, 6.45) is 1.48. The van der Waals surface area contributed by atoms with Gasteiger partial charge < -0.3 is 13.9 Å². The Labute approximate surface area is 96.9 Å². The van der Waals surface area contributed by atoms with Crippen molar-refractivity contribution in [3.05, 3.63) is 35.6 Å². The predicted molar refractivity (Wildman–Crippen MR) is 58.9 cm³/mol. The highest BCUT2D eigenvalue weighted by Crippen LogP contribution is 2.22. The molecule has 0 atom stereocenters. The minimum atomic E-state index is -0.608. The van der Waals surface area contributed by atoms with Gasteiger partial charge in [0.25, 0.3) is 0 Å². The van der Waals surface area contributed by atoms with Crippen molar-refractivity contribution in [2.75, 3.05) is 14.2 Å². The van der Waals surface area contributed by atoms with Crippen molar-refractivity contribution in [3.8, 4) is 0 Å². The molecular formula is C12H10O5. The highest BCUT2D eigenvalue weighted by molar-refractivity contribution is 6.06. The van der Waals surface area contributed by atoms with Gasteiger partial charge in [-0.05, 0) is 18.2 Å². The molecule has 0 unspecified atom stereocenters. The van der Waals surface area contributed by atoms with Crippen molar-refractivity contribution in [3.63, 3.8) is 0 Å². The summed E-state index contributed by atoms with van der Waals surface area (Å²) in [6.45, 7) is 0. The molecule has 5 nitrogen and oxygen atoms in total. The van der Waals surface area contributed by atoms with Gasteiger partial charge in [0.1, 0.15) is 5.58 Å². The average molecular weight is 234 g/mol. The van der Waals surface area contributed by atoms with Gasteiger partial charge in [0.05, 0.1) is 31.6 Å². The SMILES string of the molecule is COC(=O)c1cc2ccoc2cc1C(=O)OC. The van der Waals surface area contributed by atoms with E-state index in [-0.39, 0.29) is 11.1 Å². The minimum Gasteiger partial charge on any atom is -0.465 e. The van der Waals surface area contributed by atoms with Gasteiger partial charge in [0.15, 0.2) is 0 Å². The Morgan fingerprint density at radius 1 is 1.06 bits per heavy atom. The van der Waals surface area contributed by atoms with E-state index in [4.69, 9.17) is 4.42 Å². The van der Waals surface area contributed by atoms with E-state index in [0.29, 0.717) is 5.58 Å². The zero-order valence-corrected chi connectivity index (χ0v) is 9.35. The number of ether oxygens (including phenoxy) is 2. The zero-order chi connectivity index (χ0) is 12.4. The number of rotatable bonds is 2. The summed E-state index contributed by atoms with van der Waals surface area (Å²) in [4.78, 5) is 23.1. The standard InChI is InChI=1S/C12H10O5/c1-15-11(13)8-5-7-3-4-17-10(7)6-9(8)12(14)16-2/h3-6H,1-2H3. The Morgan fingerprint density at radius 2 is 1.65 bits per heavy atom. The number of carbonyl (C=O) groups excluding carboxylic acids is 2. The first kappa shape index (κ1) is 11.2. The fraction of sp³-hybridized carbons (Fsp3) is 0.167. The molecule has 0 saturated heterocycles. The smallest absolute Gasteiger partial charge is 0.338 e. The van der Waals surface area contributed by atoms with Crippen LogP contribution in [-0.2, 0) is 9.47 Å². The third kappa shape index (κ3) is 1.87. The van der Waals surface area contributed by atoms with Crippen molar-refractivity contribution in [2.24, 2.45) is 0 Å². The van der Waals surface area contributed by atoms with Crippen LogP contribution in [0.25, 0.3) is 11.0 Å². The quantitative estimate of drug-likeness (QED) is 0.743. The van der Waals surface area contributed by atoms with Gasteiger partial charge in [-0.15, -0.1) is 0 Å². The molecule has 2 aromatic rings. The molecule has 0 radical (unpaired) electrons. The summed E-state index contributed by atoms with van der Waals surface area (Å²) in [6, 6.07) is 4.70. The molecule has 5 heteroatoms. The second-order valence-electron chi connectivity index (χ2n) is 3.34. The highest BCUT2D eigenvalue weighted by atomic mass is 16.5. The molecule has 0 aliphatic heterocycles. The Hall–Kier alpha value is -2.30. The maximum atomic E-state index is 11.6. The molecule has 1 heterocycles. The molecule has 0 bridgehead atoms. The molecule has 1 aromatic carbocycles. The second-order valence-corrected chi connectivity index (χ2v) is 3.34. The van der Waals surface area contributed by atoms with Crippen LogP contribution in [0, 0.1) is 0 Å². The molecular weight excluding hydrogens is 224 g/mol. The molecule has 0 aliphatic rings. The van der Waals surface area contributed by atoms with Crippen LogP contribution in [0.3, 0.4) is 0 Å². The molecule has 0 spiro atoms. The van der Waals surface area contributed by atoms with Crippen molar-refractivity contribution < 1.29 is 23.5 Å². The van der Waals surface area contributed by atoms with E-state index in [2.05, 4.69) is 9.47 Å². The van der Waals surface area contributed by atoms with E-state index in [1.54, 1.807) is 6.07 Å². The first-order chi connectivity index (χ1) is 8.17. The van der Waals surface area contributed by atoms with Gasteiger partial charge in [-0.25, -0.2) is 9.59 Å². The van der Waals surface area contributed by atoms with Crippen molar-refractivity contribution in [1.29, 1.82) is 0 Å². The number of esters is 2. The third-order valence-electron chi connectivity index (χ3n) is 2.40. The van der Waals surface area contributed by atoms with E-state index in [0.717, 1.165) is 5.39 Å². The largest absolute Gasteiger partial charge is 0.465 e. The molecule has 0 N–H and O–H groups in total. The van der Waals surface area contributed by atoms with Gasteiger partial charge in [0.2, 0.25) is 0 Å². The van der Waals surface area contributed by atoms with E-state index < -0.39 is 11.9 Å². The number of methoxy groups -OCH3 is 2. The van der Waals surface area contributed by atoms with Gasteiger partial charge in [0, 0.05) is 5.39 Å². The summed E-state index contributed by atoms with van der Waals surface area (Å²) in [5.74, 6) is -1.20. The Kier molecular flexibility index (Phi) is 2.82. The average Bonchev–Trinajstić information content (AvgIpc) is 2.82. The summed E-state index contributed by atoms with van der Waals surface area (Å²) in [7, 11) is 2.50. The van der Waals surface area contributed by atoms with E-state index in [1.165, 1.54) is 32.6 Å². The fourth-order valence-electron chi connectivity index (χ4n) is 1.57. The lowest BCUT2D eigenvalue weighted by atomic mass is 10.1. The van der Waals surface area contributed by atoms with Crippen LogP contribution in [0.15, 0.2) is 28.9 Å². The van der Waals surface area contributed by atoms with Crippen LogP contribution >= 0.6 is 0 Å². The lowest BCUT2D eigenvalue weighted by Crippen LogP contribution is -2.11. The predicted octanol–water partition coefficient (Wildman–Crippen LogP) is 2.01. The summed E-state index contributed by atoms with van der Waals surface area (Å²) >= 11 is 0. The highest BCUT2D eigenvalue weighted by Gasteiger charge is 2.20. The summed E-state index contributed by atoms with van der Waals surface area (Å²) < 4.78 is 14.4. The number of benzene rings is 1. The molecule has 0 fully saturated rings. The van der Waals surface area contributed by atoms with Crippen LogP contribution in [0.4, 0.5) is 0 Å². The molecule has 0 amide bonds. The van der Waals surface area contributed by atoms with Crippen LogP contribution in [0.5, 0.6) is 0 Å². The van der Waals surface area contributed by atoms with Gasteiger partial charge >= 0.3 is 11.9 Å². The molecule has 0 aliphatic carbocycles. The Balaban J connectivity index is 2.67. The van der Waals surface area contributed by atoms with E-state index in [1.807, 2.05) is 0 Å². The first-order valence-corrected chi connectivity index (χ1v) is 4.85. The third-order valence-corrected chi connectivity index (χ3v) is 2.40. The van der Waals surface area contributed by atoms with Gasteiger partial charge in [-0.2, -0.15) is 0 Å². The number of fused-ring (bicyclic) bond motifs is 1. The molecule has 17 heavy (non-hydrogen) atoms. The fourth-order valence-corrected chi connectivity index (χ4v) is 1.57. The first-order valence-electron chi connectivity index (χ1n) is 4.85. The molecule has 0 saturated carbocycles. The van der Waals surface area contributed by atoms with Crippen LogP contribution in [0.2, 0.25) is 0 Å². The van der Waals surface area contributed by atoms with E-state index in [9.17, 15) is 9.59 Å². The zero-order valence-electron chi connectivity index (χ0n) is 9.35. The molecule has 2 rings (SSSR count). The lowest BCUT2D eigenvalue weighted by Gasteiger charge is -2.05. The van der Waals surface area contributed by atoms with Gasteiger partial charge in [-0.3, -0.25) is 0 Å². The number of carbonyl (C=O) groups is 2. The molecule has 1 aromatic heterocycles. The maximum Gasteiger partial charge on any atom is 0.338 e. The Morgan fingerprint density at radius 3 is 2.24 bits per heavy atom. The van der Waals surface area contributed by atoms with Crippen LogP contribution in [-0.4, -0.2) is 26.2 Å². The number of hydrogen-bond donors (Lipinski definition) is 0. The normalized spacial score (nSPS) is 10.2. The number of hydrogen-bond acceptors (Lipinski definition) is 5. The topological polar surface area (TPSA) is 65.7 Å².